The van der Waals surface area contributed by atoms with Gasteiger partial charge in [-0.15, -0.1) is 0 Å². The second-order valence-electron chi connectivity index (χ2n) is 13.2. The number of anilines is 1. The third-order valence-corrected chi connectivity index (χ3v) is 8.93. The van der Waals surface area contributed by atoms with E-state index < -0.39 is 18.2 Å². The van der Waals surface area contributed by atoms with Gasteiger partial charge in [-0.2, -0.15) is 5.26 Å². The number of hydrogen-bond acceptors (Lipinski definition) is 8. The van der Waals surface area contributed by atoms with Crippen molar-refractivity contribution >= 4 is 35.1 Å². The maximum Gasteiger partial charge on any atom is 0.407 e. The van der Waals surface area contributed by atoms with E-state index in [2.05, 4.69) is 15.4 Å². The summed E-state index contributed by atoms with van der Waals surface area (Å²) >= 11 is 6.35. The topological polar surface area (TPSA) is 141 Å². The summed E-state index contributed by atoms with van der Waals surface area (Å²) in [6, 6.07) is 13.4. The standard InChI is InChI=1S/C36H40ClFN6O5/c1-36(2,3)28(19-31(45)42-49-32-6-4-5-17-48-32)24-9-7-23(8-10-24)22-44(35(46)47)27-13-15-43(16-14-27)34-40-21-29(37)33(41-34)25-11-12-26(20-39)30(38)18-25/h7-12,18-19,21,27,32H,4-6,13-17,22H2,1-3H3,(H,42,45)(H,46,47)/b28-19-. The van der Waals surface area contributed by atoms with Crippen molar-refractivity contribution < 1.29 is 28.7 Å². The Balaban J connectivity index is 1.22. The molecule has 0 radical (unpaired) electrons. The number of hydroxylamine groups is 1. The highest BCUT2D eigenvalue weighted by atomic mass is 35.5. The predicted octanol–water partition coefficient (Wildman–Crippen LogP) is 6.96. The summed E-state index contributed by atoms with van der Waals surface area (Å²) in [5.74, 6) is -0.634. The number of piperidine rings is 1. The number of carbonyl (C=O) groups is 2. The van der Waals surface area contributed by atoms with Crippen LogP contribution in [0.2, 0.25) is 5.02 Å². The highest BCUT2D eigenvalue weighted by molar-refractivity contribution is 6.32. The van der Waals surface area contributed by atoms with Crippen molar-refractivity contribution in [2.75, 3.05) is 24.6 Å². The van der Waals surface area contributed by atoms with Crippen LogP contribution in [0.4, 0.5) is 15.1 Å². The molecule has 0 bridgehead atoms. The number of carboxylic acid groups (broad SMARTS) is 1. The van der Waals surface area contributed by atoms with E-state index in [1.54, 1.807) is 12.1 Å². The lowest BCUT2D eigenvalue weighted by Gasteiger charge is -2.37. The first-order valence-electron chi connectivity index (χ1n) is 16.3. The summed E-state index contributed by atoms with van der Waals surface area (Å²) in [4.78, 5) is 43.0. The minimum absolute atomic E-state index is 0.0716. The number of aromatic nitrogens is 2. The third kappa shape index (κ3) is 9.12. The van der Waals surface area contributed by atoms with E-state index in [-0.39, 0.29) is 34.5 Å². The van der Waals surface area contributed by atoms with Gasteiger partial charge in [0.2, 0.25) is 5.95 Å². The molecule has 2 aromatic carbocycles. The van der Waals surface area contributed by atoms with Crippen LogP contribution < -0.4 is 10.4 Å². The van der Waals surface area contributed by atoms with Crippen molar-refractivity contribution in [1.82, 2.24) is 20.3 Å². The Labute approximate surface area is 290 Å². The van der Waals surface area contributed by atoms with E-state index >= 15 is 0 Å². The lowest BCUT2D eigenvalue weighted by atomic mass is 9.81. The van der Waals surface area contributed by atoms with Gasteiger partial charge < -0.3 is 19.6 Å². The molecule has 258 valence electrons. The molecule has 11 nitrogen and oxygen atoms in total. The number of amides is 2. The number of hydrogen-bond donors (Lipinski definition) is 2. The number of halogens is 2. The van der Waals surface area contributed by atoms with Gasteiger partial charge in [0, 0.05) is 50.3 Å². The highest BCUT2D eigenvalue weighted by Crippen LogP contribution is 2.35. The average Bonchev–Trinajstić information content (AvgIpc) is 3.09. The van der Waals surface area contributed by atoms with Crippen molar-refractivity contribution in [2.45, 2.75) is 71.8 Å². The van der Waals surface area contributed by atoms with E-state index in [1.807, 2.05) is 49.9 Å². The van der Waals surface area contributed by atoms with Gasteiger partial charge in [0.15, 0.2) is 6.29 Å². The predicted molar refractivity (Wildman–Crippen MR) is 183 cm³/mol. The Hall–Kier alpha value is -4.57. The van der Waals surface area contributed by atoms with E-state index in [4.69, 9.17) is 26.4 Å². The number of nitrogens with zero attached hydrogens (tertiary/aromatic N) is 5. The molecule has 1 aromatic heterocycles. The molecule has 49 heavy (non-hydrogen) atoms. The SMILES string of the molecule is CC(C)(C)/C(=C\C(=O)NOC1CCCCO1)c1ccc(CN(C(=O)O)C2CCN(c3ncc(Cl)c(-c4ccc(C#N)c(F)c4)n3)CC2)cc1. The molecule has 2 fully saturated rings. The molecule has 0 spiro atoms. The fraction of sp³-hybridized carbons (Fsp3) is 0.417. The Morgan fingerprint density at radius 1 is 1.18 bits per heavy atom. The van der Waals surface area contributed by atoms with Gasteiger partial charge in [-0.1, -0.05) is 62.7 Å². The first kappa shape index (κ1) is 35.7. The van der Waals surface area contributed by atoms with E-state index in [0.29, 0.717) is 49.7 Å². The highest BCUT2D eigenvalue weighted by Gasteiger charge is 2.30. The molecular formula is C36H40ClFN6O5. The van der Waals surface area contributed by atoms with Crippen LogP contribution in [0.3, 0.4) is 0 Å². The number of nitrogens with one attached hydrogen (secondary N) is 1. The van der Waals surface area contributed by atoms with Gasteiger partial charge in [-0.3, -0.25) is 4.79 Å². The zero-order chi connectivity index (χ0) is 35.1. The van der Waals surface area contributed by atoms with Gasteiger partial charge in [-0.05, 0) is 59.9 Å². The molecule has 1 atom stereocenters. The maximum absolute atomic E-state index is 14.3. The van der Waals surface area contributed by atoms with Gasteiger partial charge in [0.25, 0.3) is 5.91 Å². The Morgan fingerprint density at radius 3 is 2.53 bits per heavy atom. The van der Waals surface area contributed by atoms with Crippen LogP contribution in [0.15, 0.2) is 54.7 Å². The molecule has 13 heteroatoms. The van der Waals surface area contributed by atoms with Crippen molar-refractivity contribution in [1.29, 1.82) is 5.26 Å². The smallest absolute Gasteiger partial charge is 0.407 e. The average molecular weight is 691 g/mol. The Kier molecular flexibility index (Phi) is 11.5. The van der Waals surface area contributed by atoms with Crippen LogP contribution in [0.1, 0.15) is 69.6 Å². The monoisotopic (exact) mass is 690 g/mol. The first-order chi connectivity index (χ1) is 23.4. The van der Waals surface area contributed by atoms with Gasteiger partial charge in [-0.25, -0.2) is 29.5 Å². The number of ether oxygens (including phenoxy) is 1. The summed E-state index contributed by atoms with van der Waals surface area (Å²) in [5, 5.41) is 19.5. The Morgan fingerprint density at radius 2 is 1.92 bits per heavy atom. The molecular weight excluding hydrogens is 651 g/mol. The number of nitriles is 1. The molecule has 3 heterocycles. The molecule has 1 unspecified atom stereocenters. The number of benzene rings is 2. The molecule has 2 N–H and O–H groups in total. The third-order valence-electron chi connectivity index (χ3n) is 8.66. The molecule has 2 aliphatic heterocycles. The first-order valence-corrected chi connectivity index (χ1v) is 16.7. The van der Waals surface area contributed by atoms with E-state index in [0.717, 1.165) is 36.0 Å². The summed E-state index contributed by atoms with van der Waals surface area (Å²) < 4.78 is 19.8. The van der Waals surface area contributed by atoms with Crippen LogP contribution in [-0.4, -0.2) is 64.0 Å². The molecule has 2 aliphatic rings. The quantitative estimate of drug-likeness (QED) is 0.180. The molecule has 2 amide bonds. The summed E-state index contributed by atoms with van der Waals surface area (Å²) in [6.45, 7) is 7.89. The van der Waals surface area contributed by atoms with Gasteiger partial charge >= 0.3 is 6.09 Å². The van der Waals surface area contributed by atoms with E-state index in [1.165, 1.54) is 29.3 Å². The van der Waals surface area contributed by atoms with Gasteiger partial charge in [0.1, 0.15) is 11.9 Å². The van der Waals surface area contributed by atoms with E-state index in [9.17, 15) is 19.1 Å². The van der Waals surface area contributed by atoms with Crippen molar-refractivity contribution in [3.05, 3.63) is 82.3 Å². The zero-order valence-corrected chi connectivity index (χ0v) is 28.5. The minimum atomic E-state index is -1.01. The minimum Gasteiger partial charge on any atom is -0.465 e. The number of carbonyl (C=O) groups excluding carboxylic acids is 1. The Bertz CT molecular complexity index is 1730. The van der Waals surface area contributed by atoms with Crippen molar-refractivity contribution in [2.24, 2.45) is 5.41 Å². The fourth-order valence-corrected chi connectivity index (χ4v) is 6.20. The van der Waals surface area contributed by atoms with Crippen LogP contribution in [0.25, 0.3) is 16.8 Å². The summed E-state index contributed by atoms with van der Waals surface area (Å²) in [7, 11) is 0. The molecule has 5 rings (SSSR count). The molecule has 3 aromatic rings. The second-order valence-corrected chi connectivity index (χ2v) is 13.6. The largest absolute Gasteiger partial charge is 0.465 e. The lowest BCUT2D eigenvalue weighted by molar-refractivity contribution is -0.198. The van der Waals surface area contributed by atoms with Gasteiger partial charge in [0.05, 0.1) is 22.5 Å². The zero-order valence-electron chi connectivity index (χ0n) is 27.8. The fourth-order valence-electron chi connectivity index (χ4n) is 6.00. The van der Waals surface area contributed by atoms with Crippen molar-refractivity contribution in [3.63, 3.8) is 0 Å². The lowest BCUT2D eigenvalue weighted by Crippen LogP contribution is -2.47. The van der Waals surface area contributed by atoms with Crippen molar-refractivity contribution in [3.8, 4) is 17.3 Å². The van der Waals surface area contributed by atoms with Crippen LogP contribution >= 0.6 is 11.6 Å². The van der Waals surface area contributed by atoms with Crippen LogP contribution in [0.5, 0.6) is 0 Å². The number of allylic oxidation sites excluding steroid dienone is 1. The molecule has 2 saturated heterocycles. The van der Waals surface area contributed by atoms with Crippen LogP contribution in [-0.2, 0) is 20.9 Å². The number of rotatable bonds is 9. The summed E-state index contributed by atoms with van der Waals surface area (Å²) in [6.07, 6.45) is 5.34. The van der Waals surface area contributed by atoms with Crippen LogP contribution in [0, 0.1) is 22.6 Å². The normalized spacial score (nSPS) is 17.3. The molecule has 0 aliphatic carbocycles. The molecule has 0 saturated carbocycles. The summed E-state index contributed by atoms with van der Waals surface area (Å²) in [5.41, 5.74) is 5.32. The maximum atomic E-state index is 14.3. The second kappa shape index (κ2) is 15.8.